The van der Waals surface area contributed by atoms with Gasteiger partial charge in [0.2, 0.25) is 0 Å². The third kappa shape index (κ3) is 4.19. The van der Waals surface area contributed by atoms with Gasteiger partial charge in [0.25, 0.3) is 0 Å². The second kappa shape index (κ2) is 6.36. The highest BCUT2D eigenvalue weighted by Gasteiger charge is 2.22. The maximum Gasteiger partial charge on any atom is 0.0862 e. The van der Waals surface area contributed by atoms with Gasteiger partial charge < -0.3 is 20.6 Å². The molecule has 1 aromatic rings. The van der Waals surface area contributed by atoms with Crippen molar-refractivity contribution in [3.05, 3.63) is 12.4 Å². The minimum atomic E-state index is -0.413. The Kier molecular flexibility index (Phi) is 4.79. The Bertz CT molecular complexity index is 386. The van der Waals surface area contributed by atoms with Crippen LogP contribution in [0.4, 0.5) is 5.69 Å². The van der Waals surface area contributed by atoms with Crippen LogP contribution in [0, 0.1) is 0 Å². The van der Waals surface area contributed by atoms with Crippen LogP contribution in [0.15, 0.2) is 12.4 Å². The number of piperidine rings is 1. The first kappa shape index (κ1) is 14.3. The molecule has 1 saturated heterocycles. The van der Waals surface area contributed by atoms with Gasteiger partial charge in [-0.1, -0.05) is 0 Å². The molecule has 1 atom stereocenters. The van der Waals surface area contributed by atoms with E-state index in [1.807, 2.05) is 0 Å². The van der Waals surface area contributed by atoms with Crippen molar-refractivity contribution in [3.8, 4) is 0 Å². The molecular weight excluding hydrogens is 242 g/mol. The minimum absolute atomic E-state index is 0.413. The van der Waals surface area contributed by atoms with Crippen LogP contribution >= 0.6 is 0 Å². The van der Waals surface area contributed by atoms with Crippen molar-refractivity contribution >= 4 is 5.69 Å². The summed E-state index contributed by atoms with van der Waals surface area (Å²) < 4.78 is 1.70. The van der Waals surface area contributed by atoms with Crippen LogP contribution in [-0.4, -0.2) is 70.6 Å². The highest BCUT2D eigenvalue weighted by atomic mass is 16.3. The molecule has 0 saturated carbocycles. The van der Waals surface area contributed by atoms with Crippen molar-refractivity contribution in [2.24, 2.45) is 0 Å². The van der Waals surface area contributed by atoms with Crippen molar-refractivity contribution in [3.63, 3.8) is 0 Å². The Morgan fingerprint density at radius 2 is 2.21 bits per heavy atom. The average Bonchev–Trinajstić information content (AvgIpc) is 2.75. The fourth-order valence-corrected chi connectivity index (χ4v) is 2.67. The summed E-state index contributed by atoms with van der Waals surface area (Å²) in [6.45, 7) is 3.45. The maximum atomic E-state index is 10.1. The number of nitrogens with zero attached hydrogens (tertiary/aromatic N) is 4. The number of hydrogen-bond donors (Lipinski definition) is 2. The van der Waals surface area contributed by atoms with Gasteiger partial charge in [-0.25, -0.2) is 0 Å². The average molecular weight is 267 g/mol. The van der Waals surface area contributed by atoms with E-state index in [1.165, 1.54) is 12.8 Å². The van der Waals surface area contributed by atoms with Gasteiger partial charge in [-0.15, -0.1) is 0 Å². The van der Waals surface area contributed by atoms with E-state index in [2.05, 4.69) is 29.0 Å². The van der Waals surface area contributed by atoms with Crippen molar-refractivity contribution in [2.45, 2.75) is 31.5 Å². The van der Waals surface area contributed by atoms with Crippen LogP contribution in [0.25, 0.3) is 0 Å². The molecule has 1 fully saturated rings. The van der Waals surface area contributed by atoms with E-state index in [4.69, 9.17) is 5.73 Å². The number of nitrogen functional groups attached to an aromatic ring is 1. The summed E-state index contributed by atoms with van der Waals surface area (Å²) in [5, 5.41) is 14.2. The summed E-state index contributed by atoms with van der Waals surface area (Å²) in [5.41, 5.74) is 6.24. The van der Waals surface area contributed by atoms with Crippen LogP contribution in [-0.2, 0) is 6.54 Å². The third-order valence-electron chi connectivity index (χ3n) is 3.86. The molecule has 1 aliphatic heterocycles. The van der Waals surface area contributed by atoms with Gasteiger partial charge in [-0.3, -0.25) is 4.68 Å². The highest BCUT2D eigenvalue weighted by Crippen LogP contribution is 2.14. The second-order valence-corrected chi connectivity index (χ2v) is 5.62. The molecule has 3 N–H and O–H groups in total. The van der Waals surface area contributed by atoms with E-state index in [9.17, 15) is 5.11 Å². The molecule has 19 heavy (non-hydrogen) atoms. The lowest BCUT2D eigenvalue weighted by Crippen LogP contribution is -2.45. The first-order chi connectivity index (χ1) is 9.04. The molecule has 0 amide bonds. The van der Waals surface area contributed by atoms with Crippen LogP contribution in [0.1, 0.15) is 12.8 Å². The van der Waals surface area contributed by atoms with Crippen LogP contribution < -0.4 is 5.73 Å². The minimum Gasteiger partial charge on any atom is -0.396 e. The summed E-state index contributed by atoms with van der Waals surface area (Å²) in [6, 6.07) is 0.577. The highest BCUT2D eigenvalue weighted by molar-refractivity contribution is 5.30. The topological polar surface area (TPSA) is 70.5 Å². The summed E-state index contributed by atoms with van der Waals surface area (Å²) >= 11 is 0. The molecule has 0 aliphatic carbocycles. The maximum absolute atomic E-state index is 10.1. The van der Waals surface area contributed by atoms with E-state index in [-0.39, 0.29) is 0 Å². The fourth-order valence-electron chi connectivity index (χ4n) is 2.67. The van der Waals surface area contributed by atoms with Crippen molar-refractivity contribution in [1.29, 1.82) is 0 Å². The number of rotatable bonds is 5. The molecule has 2 rings (SSSR count). The molecule has 0 bridgehead atoms. The number of nitrogens with two attached hydrogens (primary N) is 1. The van der Waals surface area contributed by atoms with Gasteiger partial charge in [-0.2, -0.15) is 5.10 Å². The molecule has 2 heterocycles. The Labute approximate surface area is 114 Å². The van der Waals surface area contributed by atoms with E-state index >= 15 is 0 Å². The number of aromatic nitrogens is 2. The molecule has 108 valence electrons. The number of anilines is 1. The van der Waals surface area contributed by atoms with Crippen molar-refractivity contribution in [2.75, 3.05) is 39.5 Å². The number of likely N-dealkylation sites (N-methyl/N-ethyl adjacent to an activating group) is 1. The van der Waals surface area contributed by atoms with E-state index in [0.29, 0.717) is 24.8 Å². The Hall–Kier alpha value is -1.11. The van der Waals surface area contributed by atoms with Gasteiger partial charge in [0.05, 0.1) is 24.5 Å². The quantitative estimate of drug-likeness (QED) is 0.776. The lowest BCUT2D eigenvalue weighted by Gasteiger charge is -2.35. The smallest absolute Gasteiger partial charge is 0.0862 e. The van der Waals surface area contributed by atoms with Crippen LogP contribution in [0.2, 0.25) is 0 Å². The zero-order valence-electron chi connectivity index (χ0n) is 11.9. The monoisotopic (exact) mass is 267 g/mol. The molecule has 1 unspecified atom stereocenters. The molecule has 6 nitrogen and oxygen atoms in total. The Morgan fingerprint density at radius 3 is 2.79 bits per heavy atom. The summed E-state index contributed by atoms with van der Waals surface area (Å²) in [5.74, 6) is 0. The molecule has 0 spiro atoms. The lowest BCUT2D eigenvalue weighted by molar-refractivity contribution is 0.0678. The molecular formula is C13H25N5O. The number of aliphatic hydroxyl groups excluding tert-OH is 1. The summed E-state index contributed by atoms with van der Waals surface area (Å²) in [7, 11) is 4.25. The van der Waals surface area contributed by atoms with E-state index < -0.39 is 6.10 Å². The Balaban J connectivity index is 1.76. The zero-order chi connectivity index (χ0) is 13.8. The van der Waals surface area contributed by atoms with Gasteiger partial charge in [0.1, 0.15) is 0 Å². The van der Waals surface area contributed by atoms with Gasteiger partial charge in [0.15, 0.2) is 0 Å². The van der Waals surface area contributed by atoms with Crippen LogP contribution in [0.3, 0.4) is 0 Å². The van der Waals surface area contributed by atoms with Crippen molar-refractivity contribution in [1.82, 2.24) is 19.6 Å². The van der Waals surface area contributed by atoms with Gasteiger partial charge >= 0.3 is 0 Å². The van der Waals surface area contributed by atoms with Crippen molar-refractivity contribution < 1.29 is 5.11 Å². The first-order valence-corrected chi connectivity index (χ1v) is 6.89. The zero-order valence-corrected chi connectivity index (χ0v) is 11.9. The number of likely N-dealkylation sites (tertiary alicyclic amines) is 1. The number of aliphatic hydroxyl groups is 1. The molecule has 1 aliphatic rings. The molecule has 0 radical (unpaired) electrons. The normalized spacial score (nSPS) is 20.0. The second-order valence-electron chi connectivity index (χ2n) is 5.62. The SMILES string of the molecule is CN1CCC(N(C)CC(O)Cn2cc(N)cn2)CC1. The summed E-state index contributed by atoms with van der Waals surface area (Å²) in [6.07, 6.45) is 5.29. The van der Waals surface area contributed by atoms with Crippen LogP contribution in [0.5, 0.6) is 0 Å². The predicted octanol–water partition coefficient (Wildman–Crippen LogP) is -0.148. The molecule has 1 aromatic heterocycles. The Morgan fingerprint density at radius 1 is 1.53 bits per heavy atom. The lowest BCUT2D eigenvalue weighted by atomic mass is 10.0. The standard InChI is InChI=1S/C13H25N5O/c1-16-5-3-12(4-6-16)17(2)9-13(19)10-18-8-11(14)7-15-18/h7-8,12-13,19H,3-6,9-10,14H2,1-2H3. The predicted molar refractivity (Wildman–Crippen MR) is 75.8 cm³/mol. The molecule has 6 heteroatoms. The van der Waals surface area contributed by atoms with Gasteiger partial charge in [-0.05, 0) is 40.0 Å². The van der Waals surface area contributed by atoms with E-state index in [1.54, 1.807) is 17.1 Å². The first-order valence-electron chi connectivity index (χ1n) is 6.89. The van der Waals surface area contributed by atoms with E-state index in [0.717, 1.165) is 13.1 Å². The number of hydrogen-bond acceptors (Lipinski definition) is 5. The largest absolute Gasteiger partial charge is 0.396 e. The molecule has 0 aromatic carbocycles. The fraction of sp³-hybridized carbons (Fsp3) is 0.769. The van der Waals surface area contributed by atoms with Gasteiger partial charge in [0, 0.05) is 18.8 Å². The summed E-state index contributed by atoms with van der Waals surface area (Å²) in [4.78, 5) is 4.62. The third-order valence-corrected chi connectivity index (χ3v) is 3.86.